The molecule has 1 atom stereocenters. The number of hydrazone groups is 1. The van der Waals surface area contributed by atoms with E-state index in [1.165, 1.54) is 0 Å². The molecule has 1 aliphatic heterocycles. The summed E-state index contributed by atoms with van der Waals surface area (Å²) in [6.07, 6.45) is 1.55. The van der Waals surface area contributed by atoms with Gasteiger partial charge in [0.25, 0.3) is 5.91 Å². The molecule has 1 heterocycles. The molecule has 2 aromatic rings. The summed E-state index contributed by atoms with van der Waals surface area (Å²) in [5.41, 5.74) is 4.11. The highest BCUT2D eigenvalue weighted by atomic mass is 35.5. The largest absolute Gasteiger partial charge is 0.454 e. The van der Waals surface area contributed by atoms with Crippen molar-refractivity contribution in [3.63, 3.8) is 0 Å². The zero-order valence-corrected chi connectivity index (χ0v) is 13.7. The quantitative estimate of drug-likeness (QED) is 0.645. The number of anilines is 1. The van der Waals surface area contributed by atoms with Gasteiger partial charge >= 0.3 is 0 Å². The number of halogens is 1. The lowest BCUT2D eigenvalue weighted by molar-refractivity contribution is -0.121. The van der Waals surface area contributed by atoms with Gasteiger partial charge in [0.15, 0.2) is 11.5 Å². The minimum atomic E-state index is -0.444. The van der Waals surface area contributed by atoms with E-state index in [0.717, 1.165) is 11.3 Å². The Balaban J connectivity index is 1.53. The van der Waals surface area contributed by atoms with Crippen LogP contribution in [0.15, 0.2) is 47.6 Å². The van der Waals surface area contributed by atoms with Gasteiger partial charge in [0.2, 0.25) is 6.79 Å². The second-order valence-electron chi connectivity index (χ2n) is 5.22. The number of carbonyl (C=O) groups is 1. The second-order valence-corrected chi connectivity index (χ2v) is 5.66. The average Bonchev–Trinajstić information content (AvgIpc) is 3.04. The molecule has 0 aliphatic carbocycles. The van der Waals surface area contributed by atoms with Gasteiger partial charge in [-0.2, -0.15) is 5.10 Å². The highest BCUT2D eigenvalue weighted by Gasteiger charge is 2.13. The number of ether oxygens (including phenoxy) is 2. The predicted octanol–water partition coefficient (Wildman–Crippen LogP) is 3.02. The summed E-state index contributed by atoms with van der Waals surface area (Å²) in [4.78, 5) is 12.0. The molecular weight excluding hydrogens is 330 g/mol. The number of amides is 1. The molecule has 2 N–H and O–H groups in total. The normalized spacial score (nSPS) is 13.8. The lowest BCUT2D eigenvalue weighted by atomic mass is 10.2. The van der Waals surface area contributed by atoms with Crippen LogP contribution in [-0.2, 0) is 4.79 Å². The maximum atomic E-state index is 12.0. The summed E-state index contributed by atoms with van der Waals surface area (Å²) in [5, 5.41) is 7.68. The van der Waals surface area contributed by atoms with E-state index in [9.17, 15) is 4.79 Å². The van der Waals surface area contributed by atoms with E-state index in [1.54, 1.807) is 37.4 Å². The van der Waals surface area contributed by atoms with Crippen molar-refractivity contribution in [2.75, 3.05) is 12.1 Å². The molecular formula is C17H16ClN3O3. The number of hydrogen-bond donors (Lipinski definition) is 2. The van der Waals surface area contributed by atoms with Crippen LogP contribution >= 0.6 is 11.6 Å². The highest BCUT2D eigenvalue weighted by Crippen LogP contribution is 2.31. The summed E-state index contributed by atoms with van der Waals surface area (Å²) in [6.45, 7) is 1.97. The molecule has 24 heavy (non-hydrogen) atoms. The molecule has 0 fully saturated rings. The van der Waals surface area contributed by atoms with Crippen LogP contribution in [0.5, 0.6) is 11.5 Å². The summed E-state index contributed by atoms with van der Waals surface area (Å²) in [5.74, 6) is 1.13. The standard InChI is InChI=1S/C17H16ClN3O3/c1-11(20-14-5-3-13(18)4-6-14)17(22)21-19-9-12-2-7-15-16(8-12)24-10-23-15/h2-9,11,20H,10H2,1H3,(H,21,22)/b19-9+. The van der Waals surface area contributed by atoms with Gasteiger partial charge < -0.3 is 14.8 Å². The molecule has 0 spiro atoms. The van der Waals surface area contributed by atoms with Gasteiger partial charge in [-0.15, -0.1) is 0 Å². The van der Waals surface area contributed by atoms with E-state index < -0.39 is 6.04 Å². The lowest BCUT2D eigenvalue weighted by Crippen LogP contribution is -2.34. The molecule has 0 saturated carbocycles. The van der Waals surface area contributed by atoms with Crippen LogP contribution in [0, 0.1) is 0 Å². The molecule has 6 nitrogen and oxygen atoms in total. The highest BCUT2D eigenvalue weighted by molar-refractivity contribution is 6.30. The smallest absolute Gasteiger partial charge is 0.262 e. The van der Waals surface area contributed by atoms with E-state index in [0.29, 0.717) is 16.5 Å². The molecule has 0 aromatic heterocycles. The Kier molecular flexibility index (Phi) is 4.86. The van der Waals surface area contributed by atoms with E-state index in [-0.39, 0.29) is 12.7 Å². The van der Waals surface area contributed by atoms with E-state index in [4.69, 9.17) is 21.1 Å². The van der Waals surface area contributed by atoms with Gasteiger partial charge in [-0.25, -0.2) is 5.43 Å². The summed E-state index contributed by atoms with van der Waals surface area (Å²) in [7, 11) is 0. The number of rotatable bonds is 5. The van der Waals surface area contributed by atoms with Crippen molar-refractivity contribution in [2.45, 2.75) is 13.0 Å². The van der Waals surface area contributed by atoms with Crippen molar-refractivity contribution < 1.29 is 14.3 Å². The molecule has 1 aliphatic rings. The predicted molar refractivity (Wildman–Crippen MR) is 92.8 cm³/mol. The third-order valence-electron chi connectivity index (χ3n) is 3.41. The lowest BCUT2D eigenvalue weighted by Gasteiger charge is -2.13. The van der Waals surface area contributed by atoms with Crippen LogP contribution in [0.25, 0.3) is 0 Å². The molecule has 124 valence electrons. The van der Waals surface area contributed by atoms with Gasteiger partial charge in [0.05, 0.1) is 6.21 Å². The first kappa shape index (κ1) is 16.1. The molecule has 0 bridgehead atoms. The summed E-state index contributed by atoms with van der Waals surface area (Å²) < 4.78 is 10.5. The van der Waals surface area contributed by atoms with Crippen LogP contribution in [-0.4, -0.2) is 25.0 Å². The van der Waals surface area contributed by atoms with Gasteiger partial charge in [-0.3, -0.25) is 4.79 Å². The van der Waals surface area contributed by atoms with Gasteiger partial charge in [-0.05, 0) is 55.0 Å². The van der Waals surface area contributed by atoms with Gasteiger partial charge in [0.1, 0.15) is 6.04 Å². The second kappa shape index (κ2) is 7.23. The number of hydrogen-bond acceptors (Lipinski definition) is 5. The summed E-state index contributed by atoms with van der Waals surface area (Å²) in [6, 6.07) is 12.1. The van der Waals surface area contributed by atoms with Crippen LogP contribution < -0.4 is 20.2 Å². The monoisotopic (exact) mass is 345 g/mol. The third kappa shape index (κ3) is 3.97. The molecule has 0 saturated heterocycles. The Morgan fingerprint density at radius 1 is 1.21 bits per heavy atom. The maximum absolute atomic E-state index is 12.0. The first-order valence-electron chi connectivity index (χ1n) is 7.36. The average molecular weight is 346 g/mol. The first-order valence-corrected chi connectivity index (χ1v) is 7.74. The maximum Gasteiger partial charge on any atom is 0.262 e. The molecule has 1 amide bonds. The summed E-state index contributed by atoms with van der Waals surface area (Å²) >= 11 is 5.83. The fourth-order valence-corrected chi connectivity index (χ4v) is 2.25. The zero-order valence-electron chi connectivity index (χ0n) is 13.0. The number of fused-ring (bicyclic) bond motifs is 1. The van der Waals surface area contributed by atoms with Crippen molar-refractivity contribution in [3.05, 3.63) is 53.1 Å². The minimum absolute atomic E-state index is 0.223. The molecule has 0 radical (unpaired) electrons. The topological polar surface area (TPSA) is 72.0 Å². The molecule has 1 unspecified atom stereocenters. The molecule has 2 aromatic carbocycles. The van der Waals surface area contributed by atoms with E-state index in [1.807, 2.05) is 18.2 Å². The van der Waals surface area contributed by atoms with Crippen LogP contribution in [0.1, 0.15) is 12.5 Å². The van der Waals surface area contributed by atoms with Gasteiger partial charge in [-0.1, -0.05) is 11.6 Å². The SMILES string of the molecule is CC(Nc1ccc(Cl)cc1)C(=O)N/N=C/c1ccc2c(c1)OCO2. The Bertz CT molecular complexity index is 762. The fourth-order valence-electron chi connectivity index (χ4n) is 2.12. The number of nitrogens with one attached hydrogen (secondary N) is 2. The van der Waals surface area contributed by atoms with Crippen LogP contribution in [0.3, 0.4) is 0 Å². The molecule has 3 rings (SSSR count). The van der Waals surface area contributed by atoms with Crippen molar-refractivity contribution >= 4 is 29.4 Å². The number of nitrogens with zero attached hydrogens (tertiary/aromatic N) is 1. The Morgan fingerprint density at radius 2 is 1.96 bits per heavy atom. The van der Waals surface area contributed by atoms with Crippen LogP contribution in [0.4, 0.5) is 5.69 Å². The minimum Gasteiger partial charge on any atom is -0.454 e. The number of benzene rings is 2. The van der Waals surface area contributed by atoms with Crippen molar-refractivity contribution in [2.24, 2.45) is 5.10 Å². The Labute approximate surface area is 144 Å². The van der Waals surface area contributed by atoms with E-state index >= 15 is 0 Å². The van der Waals surface area contributed by atoms with Crippen LogP contribution in [0.2, 0.25) is 5.02 Å². The van der Waals surface area contributed by atoms with Gasteiger partial charge in [0, 0.05) is 10.7 Å². The van der Waals surface area contributed by atoms with Crippen molar-refractivity contribution in [1.29, 1.82) is 0 Å². The Morgan fingerprint density at radius 3 is 2.75 bits per heavy atom. The molecule has 7 heteroatoms. The zero-order chi connectivity index (χ0) is 16.9. The van der Waals surface area contributed by atoms with E-state index in [2.05, 4.69) is 15.8 Å². The first-order chi connectivity index (χ1) is 11.6. The van der Waals surface area contributed by atoms with Crippen molar-refractivity contribution in [1.82, 2.24) is 5.43 Å². The third-order valence-corrected chi connectivity index (χ3v) is 3.66. The number of carbonyl (C=O) groups excluding carboxylic acids is 1. The van der Waals surface area contributed by atoms with Crippen molar-refractivity contribution in [3.8, 4) is 11.5 Å². The Hall–Kier alpha value is -2.73. The fraction of sp³-hybridized carbons (Fsp3) is 0.176.